The summed E-state index contributed by atoms with van der Waals surface area (Å²) in [4.78, 5) is 11.2. The molecule has 0 amide bonds. The van der Waals surface area contributed by atoms with Crippen molar-refractivity contribution in [2.24, 2.45) is 11.1 Å². The van der Waals surface area contributed by atoms with E-state index in [0.29, 0.717) is 12.8 Å². The molecule has 3 nitrogen and oxygen atoms in total. The van der Waals surface area contributed by atoms with Crippen molar-refractivity contribution in [3.8, 4) is 0 Å². The summed E-state index contributed by atoms with van der Waals surface area (Å²) in [5.41, 5.74) is 6.25. The van der Waals surface area contributed by atoms with Crippen LogP contribution < -0.4 is 5.73 Å². The average Bonchev–Trinajstić information content (AvgIpc) is 2.16. The second-order valence-electron chi connectivity index (χ2n) is 4.20. The Balaban J connectivity index is 2.27. The van der Waals surface area contributed by atoms with Gasteiger partial charge in [-0.2, -0.15) is 0 Å². The number of benzene rings is 1. The topological polar surface area (TPSA) is 63.3 Å². The second kappa shape index (κ2) is 3.66. The van der Waals surface area contributed by atoms with Gasteiger partial charge >= 0.3 is 5.97 Å². The SMILES string of the molecule is N[C@H](c1ccccc1)C1(C(=O)O)CCC1. The normalized spacial score (nSPS) is 20.3. The van der Waals surface area contributed by atoms with Gasteiger partial charge in [0.2, 0.25) is 0 Å². The molecule has 0 aromatic heterocycles. The van der Waals surface area contributed by atoms with Gasteiger partial charge in [0.1, 0.15) is 0 Å². The predicted octanol–water partition coefficient (Wildman–Crippen LogP) is 1.94. The van der Waals surface area contributed by atoms with Crippen molar-refractivity contribution in [2.45, 2.75) is 25.3 Å². The molecule has 0 saturated heterocycles. The van der Waals surface area contributed by atoms with Crippen LogP contribution in [0.5, 0.6) is 0 Å². The fraction of sp³-hybridized carbons (Fsp3) is 0.417. The van der Waals surface area contributed by atoms with Gasteiger partial charge in [-0.05, 0) is 18.4 Å². The molecule has 1 aromatic rings. The van der Waals surface area contributed by atoms with E-state index in [1.165, 1.54) is 0 Å². The van der Waals surface area contributed by atoms with E-state index in [-0.39, 0.29) is 6.04 Å². The maximum absolute atomic E-state index is 11.2. The summed E-state index contributed by atoms with van der Waals surface area (Å²) in [5, 5.41) is 9.24. The maximum atomic E-state index is 11.2. The molecule has 80 valence electrons. The molecule has 1 fully saturated rings. The van der Waals surface area contributed by atoms with Crippen molar-refractivity contribution in [2.75, 3.05) is 0 Å². The van der Waals surface area contributed by atoms with Gasteiger partial charge in [-0.25, -0.2) is 0 Å². The molecule has 0 aliphatic heterocycles. The van der Waals surface area contributed by atoms with Crippen molar-refractivity contribution in [1.82, 2.24) is 0 Å². The Bertz CT molecular complexity index is 357. The number of hydrogen-bond acceptors (Lipinski definition) is 2. The first kappa shape index (κ1) is 10.2. The molecule has 0 spiro atoms. The van der Waals surface area contributed by atoms with Gasteiger partial charge in [0.25, 0.3) is 0 Å². The van der Waals surface area contributed by atoms with Crippen LogP contribution in [0.3, 0.4) is 0 Å². The standard InChI is InChI=1S/C12H15NO2/c13-10(9-5-2-1-3-6-9)12(11(14)15)7-4-8-12/h1-3,5-6,10H,4,7-8,13H2,(H,14,15)/t10-/m1/s1. The summed E-state index contributed by atoms with van der Waals surface area (Å²) in [6, 6.07) is 9.10. The van der Waals surface area contributed by atoms with E-state index in [9.17, 15) is 9.90 Å². The average molecular weight is 205 g/mol. The lowest BCUT2D eigenvalue weighted by atomic mass is 9.62. The van der Waals surface area contributed by atoms with Crippen molar-refractivity contribution in [3.63, 3.8) is 0 Å². The number of aliphatic carboxylic acids is 1. The van der Waals surface area contributed by atoms with E-state index in [2.05, 4.69) is 0 Å². The van der Waals surface area contributed by atoms with E-state index >= 15 is 0 Å². The van der Waals surface area contributed by atoms with Gasteiger partial charge in [0.15, 0.2) is 0 Å². The number of hydrogen-bond donors (Lipinski definition) is 2. The summed E-state index contributed by atoms with van der Waals surface area (Å²) in [5.74, 6) is -0.759. The molecule has 1 aromatic carbocycles. The Morgan fingerprint density at radius 1 is 1.33 bits per heavy atom. The molecule has 1 aliphatic carbocycles. The summed E-state index contributed by atoms with van der Waals surface area (Å²) >= 11 is 0. The molecular formula is C12H15NO2. The molecule has 0 heterocycles. The number of rotatable bonds is 3. The van der Waals surface area contributed by atoms with Crippen LogP contribution in [0.25, 0.3) is 0 Å². The van der Waals surface area contributed by atoms with Crippen LogP contribution in [0.2, 0.25) is 0 Å². The van der Waals surface area contributed by atoms with Gasteiger partial charge in [0, 0.05) is 6.04 Å². The maximum Gasteiger partial charge on any atom is 0.311 e. The van der Waals surface area contributed by atoms with Crippen LogP contribution in [-0.4, -0.2) is 11.1 Å². The van der Waals surface area contributed by atoms with Crippen LogP contribution in [-0.2, 0) is 4.79 Å². The highest BCUT2D eigenvalue weighted by Crippen LogP contribution is 2.49. The monoisotopic (exact) mass is 205 g/mol. The van der Waals surface area contributed by atoms with Crippen molar-refractivity contribution in [3.05, 3.63) is 35.9 Å². The molecule has 3 N–H and O–H groups in total. The summed E-state index contributed by atoms with van der Waals surface area (Å²) in [7, 11) is 0. The lowest BCUT2D eigenvalue weighted by molar-refractivity contribution is -0.156. The highest BCUT2D eigenvalue weighted by atomic mass is 16.4. The number of carboxylic acid groups (broad SMARTS) is 1. The molecule has 0 radical (unpaired) electrons. The first-order valence-electron chi connectivity index (χ1n) is 5.21. The molecule has 2 rings (SSSR count). The summed E-state index contributed by atoms with van der Waals surface area (Å²) < 4.78 is 0. The lowest BCUT2D eigenvalue weighted by Crippen LogP contribution is -2.46. The minimum absolute atomic E-state index is 0.384. The first-order valence-corrected chi connectivity index (χ1v) is 5.21. The third kappa shape index (κ3) is 1.53. The smallest absolute Gasteiger partial charge is 0.311 e. The molecular weight excluding hydrogens is 190 g/mol. The van der Waals surface area contributed by atoms with E-state index in [4.69, 9.17) is 5.73 Å². The Kier molecular flexibility index (Phi) is 2.49. The largest absolute Gasteiger partial charge is 0.481 e. The van der Waals surface area contributed by atoms with Crippen molar-refractivity contribution < 1.29 is 9.90 Å². The highest BCUT2D eigenvalue weighted by Gasteiger charge is 2.49. The van der Waals surface area contributed by atoms with E-state index in [1.807, 2.05) is 30.3 Å². The first-order chi connectivity index (χ1) is 7.17. The minimum Gasteiger partial charge on any atom is -0.481 e. The fourth-order valence-corrected chi connectivity index (χ4v) is 2.19. The van der Waals surface area contributed by atoms with Crippen molar-refractivity contribution in [1.29, 1.82) is 0 Å². The molecule has 1 saturated carbocycles. The van der Waals surface area contributed by atoms with Gasteiger partial charge in [-0.15, -0.1) is 0 Å². The van der Waals surface area contributed by atoms with E-state index in [1.54, 1.807) is 0 Å². The van der Waals surface area contributed by atoms with Crippen LogP contribution in [0.1, 0.15) is 30.9 Å². The number of carboxylic acids is 1. The number of nitrogens with two attached hydrogens (primary N) is 1. The zero-order valence-electron chi connectivity index (χ0n) is 8.52. The predicted molar refractivity (Wildman–Crippen MR) is 57.3 cm³/mol. The van der Waals surface area contributed by atoms with Crippen LogP contribution in [0, 0.1) is 5.41 Å². The Hall–Kier alpha value is -1.35. The van der Waals surface area contributed by atoms with Crippen LogP contribution in [0.15, 0.2) is 30.3 Å². The zero-order valence-corrected chi connectivity index (χ0v) is 8.52. The third-order valence-corrected chi connectivity index (χ3v) is 3.43. The van der Waals surface area contributed by atoms with Crippen molar-refractivity contribution >= 4 is 5.97 Å². The van der Waals surface area contributed by atoms with Crippen LogP contribution in [0.4, 0.5) is 0 Å². The Labute approximate surface area is 88.9 Å². The summed E-state index contributed by atoms with van der Waals surface area (Å²) in [6.45, 7) is 0. The number of carbonyl (C=O) groups is 1. The molecule has 3 heteroatoms. The Morgan fingerprint density at radius 3 is 2.33 bits per heavy atom. The quantitative estimate of drug-likeness (QED) is 0.792. The second-order valence-corrected chi connectivity index (χ2v) is 4.20. The lowest BCUT2D eigenvalue weighted by Gasteiger charge is -2.42. The highest BCUT2D eigenvalue weighted by molar-refractivity contribution is 5.77. The van der Waals surface area contributed by atoms with Crippen LogP contribution >= 0.6 is 0 Å². The fourth-order valence-electron chi connectivity index (χ4n) is 2.19. The molecule has 0 bridgehead atoms. The molecule has 15 heavy (non-hydrogen) atoms. The van der Waals surface area contributed by atoms with Gasteiger partial charge in [0.05, 0.1) is 5.41 Å². The summed E-state index contributed by atoms with van der Waals surface area (Å²) in [6.07, 6.45) is 2.35. The molecule has 0 unspecified atom stereocenters. The minimum atomic E-state index is -0.759. The molecule has 1 aliphatic rings. The zero-order chi connectivity index (χ0) is 10.9. The van der Waals surface area contributed by atoms with Gasteiger partial charge in [-0.1, -0.05) is 36.8 Å². The Morgan fingerprint density at radius 2 is 1.93 bits per heavy atom. The van der Waals surface area contributed by atoms with Gasteiger partial charge in [-0.3, -0.25) is 4.79 Å². The van der Waals surface area contributed by atoms with E-state index < -0.39 is 11.4 Å². The van der Waals surface area contributed by atoms with Gasteiger partial charge < -0.3 is 10.8 Å². The molecule has 1 atom stereocenters. The third-order valence-electron chi connectivity index (χ3n) is 3.43. The van der Waals surface area contributed by atoms with E-state index in [0.717, 1.165) is 12.0 Å².